The topological polar surface area (TPSA) is 42.0 Å². The maximum Gasteiger partial charge on any atom is 0.233 e. The Labute approximate surface area is 130 Å². The number of amides is 1. The van der Waals surface area contributed by atoms with Crippen molar-refractivity contribution in [3.8, 4) is 10.6 Å². The molecule has 1 heterocycles. The van der Waals surface area contributed by atoms with Crippen LogP contribution in [0.2, 0.25) is 0 Å². The zero-order chi connectivity index (χ0) is 14.4. The Balaban J connectivity index is 1.72. The zero-order valence-electron chi connectivity index (χ0n) is 10.7. The lowest BCUT2D eigenvalue weighted by Gasteiger charge is -2.12. The summed E-state index contributed by atoms with van der Waals surface area (Å²) >= 11 is 13.6. The lowest BCUT2D eigenvalue weighted by atomic mass is 10.1. The monoisotopic (exact) mass is 326 g/mol. The highest BCUT2D eigenvalue weighted by Gasteiger charge is 2.67. The summed E-state index contributed by atoms with van der Waals surface area (Å²) < 4.78 is -0.947. The van der Waals surface area contributed by atoms with E-state index in [1.807, 2.05) is 29.6 Å². The fourth-order valence-electron chi connectivity index (χ4n) is 1.98. The number of aromatic nitrogens is 1. The van der Waals surface area contributed by atoms with Crippen molar-refractivity contribution >= 4 is 46.1 Å². The second kappa shape index (κ2) is 4.72. The van der Waals surface area contributed by atoms with Gasteiger partial charge in [-0.05, 0) is 37.6 Å². The van der Waals surface area contributed by atoms with Crippen LogP contribution in [0.3, 0.4) is 0 Å². The number of hydrogen-bond donors (Lipinski definition) is 1. The molecule has 0 spiro atoms. The van der Waals surface area contributed by atoms with Crippen LogP contribution in [0.15, 0.2) is 35.8 Å². The molecule has 2 aromatic rings. The summed E-state index contributed by atoms with van der Waals surface area (Å²) in [5, 5.41) is 5.73. The van der Waals surface area contributed by atoms with Crippen LogP contribution >= 0.6 is 34.5 Å². The van der Waals surface area contributed by atoms with Crippen LogP contribution in [-0.2, 0) is 4.79 Å². The highest BCUT2D eigenvalue weighted by Crippen LogP contribution is 2.64. The van der Waals surface area contributed by atoms with E-state index in [-0.39, 0.29) is 5.91 Å². The number of nitrogens with one attached hydrogen (secondary N) is 1. The van der Waals surface area contributed by atoms with Gasteiger partial charge in [0.05, 0.1) is 5.41 Å². The smallest absolute Gasteiger partial charge is 0.233 e. The van der Waals surface area contributed by atoms with E-state index < -0.39 is 9.75 Å². The van der Waals surface area contributed by atoms with Crippen LogP contribution in [0, 0.1) is 5.41 Å². The van der Waals surface area contributed by atoms with Crippen LogP contribution in [-0.4, -0.2) is 15.2 Å². The highest BCUT2D eigenvalue weighted by atomic mass is 35.5. The normalized spacial score (nSPS) is 23.4. The molecule has 3 nitrogen and oxygen atoms in total. The van der Waals surface area contributed by atoms with Crippen molar-refractivity contribution in [2.75, 3.05) is 5.32 Å². The number of hydrogen-bond acceptors (Lipinski definition) is 3. The molecule has 1 saturated carbocycles. The molecule has 0 aliphatic heterocycles. The van der Waals surface area contributed by atoms with Gasteiger partial charge in [0.1, 0.15) is 9.34 Å². The van der Waals surface area contributed by atoms with Crippen molar-refractivity contribution in [1.29, 1.82) is 0 Å². The van der Waals surface area contributed by atoms with Crippen LogP contribution < -0.4 is 5.32 Å². The first-order valence-corrected chi connectivity index (χ1v) is 7.75. The summed E-state index contributed by atoms with van der Waals surface area (Å²) in [6, 6.07) is 7.56. The molecule has 1 aliphatic carbocycles. The molecule has 1 fully saturated rings. The molecule has 1 aliphatic rings. The largest absolute Gasteiger partial charge is 0.326 e. The quantitative estimate of drug-likeness (QED) is 0.853. The average molecular weight is 327 g/mol. The molecule has 1 N–H and O–H groups in total. The summed E-state index contributed by atoms with van der Waals surface area (Å²) in [6.45, 7) is 1.77. The van der Waals surface area contributed by atoms with Crippen molar-refractivity contribution in [3.05, 3.63) is 35.8 Å². The second-order valence-corrected chi connectivity index (χ2v) is 7.46. The van der Waals surface area contributed by atoms with Gasteiger partial charge >= 0.3 is 0 Å². The molecular weight excluding hydrogens is 315 g/mol. The maximum atomic E-state index is 12.1. The molecule has 1 aromatic heterocycles. The SMILES string of the molecule is CC1(C(=O)Nc2ccc(-c3nccs3)cc2)CC1(Cl)Cl. The molecule has 104 valence electrons. The van der Waals surface area contributed by atoms with E-state index in [0.717, 1.165) is 16.3 Å². The molecule has 1 aromatic carbocycles. The van der Waals surface area contributed by atoms with Crippen LogP contribution in [0.4, 0.5) is 5.69 Å². The Morgan fingerprint density at radius 3 is 2.50 bits per heavy atom. The zero-order valence-corrected chi connectivity index (χ0v) is 13.0. The molecule has 0 saturated heterocycles. The summed E-state index contributed by atoms with van der Waals surface area (Å²) in [5.41, 5.74) is 1.05. The standard InChI is InChI=1S/C14H12Cl2N2OS/c1-13(8-14(13,15)16)12(19)18-10-4-2-9(3-5-10)11-17-6-7-20-11/h2-7H,8H2,1H3,(H,18,19). The van der Waals surface area contributed by atoms with Crippen molar-refractivity contribution in [2.45, 2.75) is 17.7 Å². The van der Waals surface area contributed by atoms with Gasteiger partial charge in [0.25, 0.3) is 0 Å². The molecular formula is C14H12Cl2N2OS. The molecule has 1 unspecified atom stereocenters. The van der Waals surface area contributed by atoms with E-state index in [9.17, 15) is 4.79 Å². The van der Waals surface area contributed by atoms with E-state index >= 15 is 0 Å². The van der Waals surface area contributed by atoms with Crippen molar-refractivity contribution < 1.29 is 4.79 Å². The number of rotatable bonds is 3. The predicted molar refractivity (Wildman–Crippen MR) is 83.3 cm³/mol. The third-order valence-corrected chi connectivity index (χ3v) is 5.50. The molecule has 1 atom stereocenters. The molecule has 6 heteroatoms. The molecule has 20 heavy (non-hydrogen) atoms. The van der Waals surface area contributed by atoms with E-state index in [1.165, 1.54) is 0 Å². The first kappa shape index (κ1) is 13.9. The number of benzene rings is 1. The van der Waals surface area contributed by atoms with Gasteiger partial charge in [0.2, 0.25) is 5.91 Å². The first-order valence-electron chi connectivity index (χ1n) is 6.12. The van der Waals surface area contributed by atoms with Gasteiger partial charge < -0.3 is 5.32 Å². The highest BCUT2D eigenvalue weighted by molar-refractivity contribution is 7.13. The van der Waals surface area contributed by atoms with Gasteiger partial charge in [-0.2, -0.15) is 0 Å². The van der Waals surface area contributed by atoms with Crippen LogP contribution in [0.25, 0.3) is 10.6 Å². The van der Waals surface area contributed by atoms with Crippen molar-refractivity contribution in [1.82, 2.24) is 4.98 Å². The molecule has 3 rings (SSSR count). The summed E-state index contributed by atoms with van der Waals surface area (Å²) in [5.74, 6) is -0.149. The summed E-state index contributed by atoms with van der Waals surface area (Å²) in [7, 11) is 0. The Morgan fingerprint density at radius 2 is 2.00 bits per heavy atom. The Bertz CT molecular complexity index is 640. The van der Waals surface area contributed by atoms with E-state index in [0.29, 0.717) is 6.42 Å². The van der Waals surface area contributed by atoms with E-state index in [4.69, 9.17) is 23.2 Å². The number of anilines is 1. The number of thiazole rings is 1. The minimum Gasteiger partial charge on any atom is -0.326 e. The lowest BCUT2D eigenvalue weighted by molar-refractivity contribution is -0.120. The van der Waals surface area contributed by atoms with Crippen molar-refractivity contribution in [3.63, 3.8) is 0 Å². The fraction of sp³-hybridized carbons (Fsp3) is 0.286. The number of alkyl halides is 2. The predicted octanol–water partition coefficient (Wildman–Crippen LogP) is 4.33. The van der Waals surface area contributed by atoms with Crippen LogP contribution in [0.1, 0.15) is 13.3 Å². The lowest BCUT2D eigenvalue weighted by Crippen LogP contribution is -2.25. The Kier molecular flexibility index (Phi) is 3.27. The van der Waals surface area contributed by atoms with Gasteiger partial charge in [-0.15, -0.1) is 34.5 Å². The van der Waals surface area contributed by atoms with Crippen molar-refractivity contribution in [2.24, 2.45) is 5.41 Å². The maximum absolute atomic E-state index is 12.1. The van der Waals surface area contributed by atoms with Crippen LogP contribution in [0.5, 0.6) is 0 Å². The third-order valence-electron chi connectivity index (χ3n) is 3.58. The minimum atomic E-state index is -0.947. The first-order chi connectivity index (χ1) is 9.42. The average Bonchev–Trinajstić information content (AvgIpc) is 2.83. The summed E-state index contributed by atoms with van der Waals surface area (Å²) in [6.07, 6.45) is 2.25. The van der Waals surface area contributed by atoms with E-state index in [2.05, 4.69) is 10.3 Å². The van der Waals surface area contributed by atoms with Gasteiger partial charge in [-0.1, -0.05) is 0 Å². The number of carbonyl (C=O) groups is 1. The van der Waals surface area contributed by atoms with Gasteiger partial charge in [-0.25, -0.2) is 4.98 Å². The molecule has 1 amide bonds. The van der Waals surface area contributed by atoms with Gasteiger partial charge in [0.15, 0.2) is 0 Å². The summed E-state index contributed by atoms with van der Waals surface area (Å²) in [4.78, 5) is 16.4. The number of carbonyl (C=O) groups excluding carboxylic acids is 1. The second-order valence-electron chi connectivity index (χ2n) is 5.08. The van der Waals surface area contributed by atoms with Gasteiger partial charge in [-0.3, -0.25) is 4.79 Å². The Hall–Kier alpha value is -1.10. The molecule has 0 bridgehead atoms. The Morgan fingerprint density at radius 1 is 1.35 bits per heavy atom. The number of halogens is 2. The third kappa shape index (κ3) is 2.32. The van der Waals surface area contributed by atoms with E-state index in [1.54, 1.807) is 24.5 Å². The van der Waals surface area contributed by atoms with Gasteiger partial charge in [0, 0.05) is 22.8 Å². The fourth-order valence-corrected chi connectivity index (χ4v) is 3.33. The minimum absolute atomic E-state index is 0.149. The molecule has 0 radical (unpaired) electrons. The number of nitrogens with zero attached hydrogens (tertiary/aromatic N) is 1.